The van der Waals surface area contributed by atoms with Gasteiger partial charge in [-0.25, -0.2) is 0 Å². The number of nitrogens with zero attached hydrogens (tertiary/aromatic N) is 1. The van der Waals surface area contributed by atoms with Gasteiger partial charge in [0.2, 0.25) is 0 Å². The SMILES string of the molecule is OC(CCN1CCC(c2ccccc2)CC1)c1ccc(-c2ccccc2)cc1. The third-order valence-electron chi connectivity index (χ3n) is 5.98. The van der Waals surface area contributed by atoms with Crippen LogP contribution < -0.4 is 0 Å². The van der Waals surface area contributed by atoms with Gasteiger partial charge >= 0.3 is 0 Å². The lowest BCUT2D eigenvalue weighted by Gasteiger charge is -2.32. The van der Waals surface area contributed by atoms with Gasteiger partial charge in [0.05, 0.1) is 6.10 Å². The molecule has 4 rings (SSSR count). The normalized spacial score (nSPS) is 16.8. The molecule has 1 fully saturated rings. The smallest absolute Gasteiger partial charge is 0.0802 e. The van der Waals surface area contributed by atoms with Gasteiger partial charge in [-0.2, -0.15) is 0 Å². The van der Waals surface area contributed by atoms with Crippen LogP contribution in [-0.2, 0) is 0 Å². The Morgan fingerprint density at radius 2 is 1.32 bits per heavy atom. The van der Waals surface area contributed by atoms with Crippen molar-refractivity contribution in [3.05, 3.63) is 96.1 Å². The Kier molecular flexibility index (Phi) is 6.20. The summed E-state index contributed by atoms with van der Waals surface area (Å²) in [5, 5.41) is 10.6. The number of rotatable bonds is 6. The molecule has 0 bridgehead atoms. The van der Waals surface area contributed by atoms with E-state index in [0.717, 1.165) is 31.6 Å². The second kappa shape index (κ2) is 9.18. The lowest BCUT2D eigenvalue weighted by atomic mass is 9.89. The monoisotopic (exact) mass is 371 g/mol. The third kappa shape index (κ3) is 4.70. The van der Waals surface area contributed by atoms with Crippen LogP contribution in [0.2, 0.25) is 0 Å². The number of hydrogen-bond donors (Lipinski definition) is 1. The summed E-state index contributed by atoms with van der Waals surface area (Å²) in [6, 6.07) is 29.6. The number of benzene rings is 3. The van der Waals surface area contributed by atoms with Crippen LogP contribution in [0.1, 0.15) is 42.4 Å². The zero-order chi connectivity index (χ0) is 19.2. The largest absolute Gasteiger partial charge is 0.388 e. The number of piperidine rings is 1. The predicted octanol–water partition coefficient (Wildman–Crippen LogP) is 5.66. The van der Waals surface area contributed by atoms with E-state index in [2.05, 4.69) is 83.8 Å². The zero-order valence-electron chi connectivity index (χ0n) is 16.4. The highest BCUT2D eigenvalue weighted by molar-refractivity contribution is 5.63. The van der Waals surface area contributed by atoms with Crippen LogP contribution in [0.4, 0.5) is 0 Å². The Hall–Kier alpha value is -2.42. The molecule has 2 nitrogen and oxygen atoms in total. The first-order valence-electron chi connectivity index (χ1n) is 10.4. The Balaban J connectivity index is 1.26. The number of hydrogen-bond acceptors (Lipinski definition) is 2. The maximum atomic E-state index is 10.6. The number of likely N-dealkylation sites (tertiary alicyclic amines) is 1. The molecule has 0 aliphatic carbocycles. The standard InChI is InChI=1S/C26H29NO/c28-26(25-13-11-23(12-14-25)21-7-3-1-4-8-21)17-20-27-18-15-24(16-19-27)22-9-5-2-6-10-22/h1-14,24,26,28H,15-20H2. The van der Waals surface area contributed by atoms with Crippen molar-refractivity contribution >= 4 is 0 Å². The van der Waals surface area contributed by atoms with E-state index in [1.54, 1.807) is 0 Å². The van der Waals surface area contributed by atoms with Crippen LogP contribution >= 0.6 is 0 Å². The fourth-order valence-electron chi connectivity index (χ4n) is 4.21. The maximum Gasteiger partial charge on any atom is 0.0802 e. The van der Waals surface area contributed by atoms with Crippen LogP contribution in [0.3, 0.4) is 0 Å². The summed E-state index contributed by atoms with van der Waals surface area (Å²) in [6.07, 6.45) is 2.83. The Labute approximate surface area is 168 Å². The van der Waals surface area contributed by atoms with Crippen molar-refractivity contribution in [1.82, 2.24) is 4.90 Å². The highest BCUT2D eigenvalue weighted by Gasteiger charge is 2.21. The van der Waals surface area contributed by atoms with Gasteiger partial charge in [0, 0.05) is 6.54 Å². The molecule has 3 aromatic rings. The first-order chi connectivity index (χ1) is 13.8. The van der Waals surface area contributed by atoms with Gasteiger partial charge in [-0.05, 0) is 60.5 Å². The molecule has 1 N–H and O–H groups in total. The summed E-state index contributed by atoms with van der Waals surface area (Å²) in [5.41, 5.74) is 4.89. The fourth-order valence-corrected chi connectivity index (χ4v) is 4.21. The molecular weight excluding hydrogens is 342 g/mol. The summed E-state index contributed by atoms with van der Waals surface area (Å²) in [4.78, 5) is 2.50. The Morgan fingerprint density at radius 3 is 1.96 bits per heavy atom. The van der Waals surface area contributed by atoms with Gasteiger partial charge < -0.3 is 10.0 Å². The van der Waals surface area contributed by atoms with Crippen molar-refractivity contribution in [2.24, 2.45) is 0 Å². The molecule has 0 radical (unpaired) electrons. The lowest BCUT2D eigenvalue weighted by Crippen LogP contribution is -2.34. The number of aliphatic hydroxyl groups excluding tert-OH is 1. The van der Waals surface area contributed by atoms with Gasteiger partial charge in [-0.3, -0.25) is 0 Å². The molecule has 0 spiro atoms. The molecule has 1 heterocycles. The van der Waals surface area contributed by atoms with Crippen molar-refractivity contribution in [3.63, 3.8) is 0 Å². The molecule has 1 aliphatic rings. The van der Waals surface area contributed by atoms with Crippen molar-refractivity contribution in [3.8, 4) is 11.1 Å². The maximum absolute atomic E-state index is 10.6. The topological polar surface area (TPSA) is 23.5 Å². The Morgan fingerprint density at radius 1 is 0.750 bits per heavy atom. The average molecular weight is 372 g/mol. The van der Waals surface area contributed by atoms with Gasteiger partial charge in [0.1, 0.15) is 0 Å². The molecule has 144 valence electrons. The van der Waals surface area contributed by atoms with E-state index in [0.29, 0.717) is 5.92 Å². The molecule has 0 saturated carbocycles. The quantitative estimate of drug-likeness (QED) is 0.605. The van der Waals surface area contributed by atoms with Gasteiger partial charge in [-0.1, -0.05) is 84.9 Å². The van der Waals surface area contributed by atoms with E-state index in [1.165, 1.54) is 29.5 Å². The predicted molar refractivity (Wildman–Crippen MR) is 116 cm³/mol. The highest BCUT2D eigenvalue weighted by Crippen LogP contribution is 2.29. The van der Waals surface area contributed by atoms with Crippen LogP contribution in [0, 0.1) is 0 Å². The molecule has 0 amide bonds. The van der Waals surface area contributed by atoms with Crippen molar-refractivity contribution in [2.75, 3.05) is 19.6 Å². The summed E-state index contributed by atoms with van der Waals surface area (Å²) in [7, 11) is 0. The van der Waals surface area contributed by atoms with E-state index in [9.17, 15) is 5.11 Å². The van der Waals surface area contributed by atoms with Crippen molar-refractivity contribution < 1.29 is 5.11 Å². The van der Waals surface area contributed by atoms with Crippen LogP contribution in [0.25, 0.3) is 11.1 Å². The van der Waals surface area contributed by atoms with E-state index in [4.69, 9.17) is 0 Å². The molecule has 1 atom stereocenters. The number of aliphatic hydroxyl groups is 1. The van der Waals surface area contributed by atoms with Crippen LogP contribution in [0.15, 0.2) is 84.9 Å². The lowest BCUT2D eigenvalue weighted by molar-refractivity contribution is 0.130. The van der Waals surface area contributed by atoms with Crippen LogP contribution in [0.5, 0.6) is 0 Å². The molecular formula is C26H29NO. The third-order valence-corrected chi connectivity index (χ3v) is 5.98. The molecule has 1 unspecified atom stereocenters. The summed E-state index contributed by atoms with van der Waals surface area (Å²) in [6.45, 7) is 3.21. The van der Waals surface area contributed by atoms with E-state index >= 15 is 0 Å². The molecule has 2 heteroatoms. The summed E-state index contributed by atoms with van der Waals surface area (Å²) < 4.78 is 0. The fraction of sp³-hybridized carbons (Fsp3) is 0.308. The van der Waals surface area contributed by atoms with Crippen molar-refractivity contribution in [1.29, 1.82) is 0 Å². The second-order valence-corrected chi connectivity index (χ2v) is 7.82. The first kappa shape index (κ1) is 18.9. The highest BCUT2D eigenvalue weighted by atomic mass is 16.3. The minimum atomic E-state index is -0.392. The van der Waals surface area contributed by atoms with E-state index in [1.807, 2.05) is 6.07 Å². The van der Waals surface area contributed by atoms with E-state index < -0.39 is 6.10 Å². The first-order valence-corrected chi connectivity index (χ1v) is 10.4. The molecule has 1 aliphatic heterocycles. The molecule has 1 saturated heterocycles. The molecule has 3 aromatic carbocycles. The minimum Gasteiger partial charge on any atom is -0.388 e. The molecule has 28 heavy (non-hydrogen) atoms. The zero-order valence-corrected chi connectivity index (χ0v) is 16.4. The van der Waals surface area contributed by atoms with Crippen LogP contribution in [-0.4, -0.2) is 29.6 Å². The second-order valence-electron chi connectivity index (χ2n) is 7.82. The summed E-state index contributed by atoms with van der Waals surface area (Å²) >= 11 is 0. The van der Waals surface area contributed by atoms with E-state index in [-0.39, 0.29) is 0 Å². The van der Waals surface area contributed by atoms with Crippen molar-refractivity contribution in [2.45, 2.75) is 31.3 Å². The summed E-state index contributed by atoms with van der Waals surface area (Å²) in [5.74, 6) is 0.688. The Bertz CT molecular complexity index is 837. The average Bonchev–Trinajstić information content (AvgIpc) is 2.79. The minimum absolute atomic E-state index is 0.392. The van der Waals surface area contributed by atoms with Gasteiger partial charge in [-0.15, -0.1) is 0 Å². The molecule has 0 aromatic heterocycles. The van der Waals surface area contributed by atoms with Gasteiger partial charge in [0.15, 0.2) is 0 Å². The van der Waals surface area contributed by atoms with Gasteiger partial charge in [0.25, 0.3) is 0 Å².